The average molecular weight is 448 g/mol. The Balaban J connectivity index is 1.95. The van der Waals surface area contributed by atoms with Crippen molar-refractivity contribution in [1.29, 1.82) is 0 Å². The molecule has 1 aromatic rings. The van der Waals surface area contributed by atoms with Gasteiger partial charge in [0.05, 0.1) is 29.7 Å². The predicted octanol–water partition coefficient (Wildman–Crippen LogP) is 1.90. The summed E-state index contributed by atoms with van der Waals surface area (Å²) in [4.78, 5) is 19.0. The molecule has 0 bridgehead atoms. The van der Waals surface area contributed by atoms with Gasteiger partial charge in [-0.05, 0) is 33.6 Å². The summed E-state index contributed by atoms with van der Waals surface area (Å²) < 4.78 is 36.6. The Morgan fingerprint density at radius 2 is 2.17 bits per heavy atom. The summed E-state index contributed by atoms with van der Waals surface area (Å²) >= 11 is 1.68. The maximum absolute atomic E-state index is 12.2. The van der Waals surface area contributed by atoms with Crippen LogP contribution < -0.4 is 0 Å². The van der Waals surface area contributed by atoms with Gasteiger partial charge in [-0.3, -0.25) is 9.69 Å². The monoisotopic (exact) mass is 447 g/mol. The molecule has 1 saturated heterocycles. The maximum Gasteiger partial charge on any atom is 0.321 e. The molecule has 0 aromatic carbocycles. The fourth-order valence-electron chi connectivity index (χ4n) is 3.08. The molecule has 1 aliphatic heterocycles. The minimum absolute atomic E-state index is 0.118. The summed E-state index contributed by atoms with van der Waals surface area (Å²) in [6, 6.07) is 0. The van der Waals surface area contributed by atoms with Gasteiger partial charge < -0.3 is 9.47 Å². The molecule has 0 aliphatic carbocycles. The van der Waals surface area contributed by atoms with Crippen LogP contribution >= 0.6 is 11.3 Å². The van der Waals surface area contributed by atoms with Crippen molar-refractivity contribution in [1.82, 2.24) is 14.2 Å². The van der Waals surface area contributed by atoms with Crippen molar-refractivity contribution in [2.75, 3.05) is 39.0 Å². The fourth-order valence-corrected chi connectivity index (χ4v) is 4.74. The highest BCUT2D eigenvalue weighted by Crippen LogP contribution is 2.17. The predicted molar refractivity (Wildman–Crippen MR) is 113 cm³/mol. The fraction of sp³-hybridized carbons (Fsp3) is 0.789. The molecule has 1 fully saturated rings. The number of sulfonamides is 1. The van der Waals surface area contributed by atoms with Crippen LogP contribution in [0.2, 0.25) is 0 Å². The Labute approximate surface area is 178 Å². The van der Waals surface area contributed by atoms with Crippen LogP contribution in [0.5, 0.6) is 0 Å². The Hall–Kier alpha value is -1.07. The van der Waals surface area contributed by atoms with Crippen LogP contribution in [0.25, 0.3) is 0 Å². The van der Waals surface area contributed by atoms with E-state index in [-0.39, 0.29) is 19.2 Å². The number of esters is 1. The van der Waals surface area contributed by atoms with Gasteiger partial charge in [-0.1, -0.05) is 6.92 Å². The van der Waals surface area contributed by atoms with E-state index in [0.717, 1.165) is 40.6 Å². The van der Waals surface area contributed by atoms with Crippen molar-refractivity contribution in [2.45, 2.75) is 58.8 Å². The number of nitrogens with zero attached hydrogens (tertiary/aromatic N) is 3. The smallest absolute Gasteiger partial charge is 0.321 e. The SMILES string of the molecule is CCCc1nc(CN2CCO[C@@H](CN(CC(=O)OC(C)(C)C)S(C)(=O)=O)C2)cs1. The Kier molecular flexibility index (Phi) is 8.59. The van der Waals surface area contributed by atoms with Gasteiger partial charge in [0.25, 0.3) is 0 Å². The van der Waals surface area contributed by atoms with E-state index in [9.17, 15) is 13.2 Å². The zero-order chi connectivity index (χ0) is 21.7. The highest BCUT2D eigenvalue weighted by Gasteiger charge is 2.30. The van der Waals surface area contributed by atoms with Gasteiger partial charge in [-0.25, -0.2) is 13.4 Å². The molecule has 2 heterocycles. The van der Waals surface area contributed by atoms with Crippen molar-refractivity contribution in [3.8, 4) is 0 Å². The van der Waals surface area contributed by atoms with E-state index in [1.54, 1.807) is 32.1 Å². The van der Waals surface area contributed by atoms with Crippen molar-refractivity contribution in [3.63, 3.8) is 0 Å². The van der Waals surface area contributed by atoms with Crippen LogP contribution in [0.1, 0.15) is 44.8 Å². The lowest BCUT2D eigenvalue weighted by molar-refractivity contribution is -0.155. The highest BCUT2D eigenvalue weighted by atomic mass is 32.2. The van der Waals surface area contributed by atoms with Gasteiger partial charge in [0.2, 0.25) is 10.0 Å². The van der Waals surface area contributed by atoms with E-state index >= 15 is 0 Å². The summed E-state index contributed by atoms with van der Waals surface area (Å²) in [6.07, 6.45) is 2.85. The first kappa shape index (κ1) is 24.2. The Morgan fingerprint density at radius 1 is 1.45 bits per heavy atom. The first-order valence-electron chi connectivity index (χ1n) is 9.90. The number of carbonyl (C=O) groups excluding carboxylic acids is 1. The number of thiazole rings is 1. The van der Waals surface area contributed by atoms with E-state index in [2.05, 4.69) is 22.2 Å². The summed E-state index contributed by atoms with van der Waals surface area (Å²) in [5, 5.41) is 3.23. The zero-order valence-corrected chi connectivity index (χ0v) is 19.6. The second kappa shape index (κ2) is 10.3. The molecule has 0 radical (unpaired) electrons. The summed E-state index contributed by atoms with van der Waals surface area (Å²) in [7, 11) is -3.57. The second-order valence-electron chi connectivity index (χ2n) is 8.35. The van der Waals surface area contributed by atoms with Crippen LogP contribution in [0.3, 0.4) is 0 Å². The lowest BCUT2D eigenvalue weighted by Crippen LogP contribution is -2.49. The standard InChI is InChI=1S/C19H33N3O5S2/c1-6-7-17-20-15(14-28-17)10-21-8-9-26-16(11-21)12-22(29(5,24)25)13-18(23)27-19(2,3)4/h14,16H,6-13H2,1-5H3/t16-/m1/s1. The molecule has 0 saturated carbocycles. The summed E-state index contributed by atoms with van der Waals surface area (Å²) in [5.74, 6) is -0.568. The van der Waals surface area contributed by atoms with Gasteiger partial charge in [0.15, 0.2) is 0 Å². The molecule has 1 atom stereocenters. The average Bonchev–Trinajstić information content (AvgIpc) is 2.99. The molecule has 0 unspecified atom stereocenters. The molecule has 29 heavy (non-hydrogen) atoms. The largest absolute Gasteiger partial charge is 0.459 e. The molecule has 1 aromatic heterocycles. The summed E-state index contributed by atoms with van der Waals surface area (Å²) in [5.41, 5.74) is 0.371. The summed E-state index contributed by atoms with van der Waals surface area (Å²) in [6.45, 7) is 9.77. The molecular weight excluding hydrogens is 414 g/mol. The normalized spacial score (nSPS) is 18.9. The number of rotatable bonds is 9. The molecular formula is C19H33N3O5S2. The van der Waals surface area contributed by atoms with Gasteiger partial charge >= 0.3 is 5.97 Å². The van der Waals surface area contributed by atoms with Crippen LogP contribution in [0.4, 0.5) is 0 Å². The van der Waals surface area contributed by atoms with E-state index in [1.165, 1.54) is 0 Å². The third-order valence-electron chi connectivity index (χ3n) is 4.27. The van der Waals surface area contributed by atoms with Crippen LogP contribution in [0, 0.1) is 0 Å². The number of hydrogen-bond acceptors (Lipinski definition) is 8. The molecule has 0 spiro atoms. The van der Waals surface area contributed by atoms with Crippen molar-refractivity contribution in [2.24, 2.45) is 0 Å². The Bertz CT molecular complexity index is 773. The number of morpholine rings is 1. The lowest BCUT2D eigenvalue weighted by Gasteiger charge is -2.34. The van der Waals surface area contributed by atoms with Crippen LogP contribution in [-0.4, -0.2) is 79.3 Å². The Morgan fingerprint density at radius 3 is 2.79 bits per heavy atom. The molecule has 1 aliphatic rings. The molecule has 2 rings (SSSR count). The minimum Gasteiger partial charge on any atom is -0.459 e. The third-order valence-corrected chi connectivity index (χ3v) is 6.45. The van der Waals surface area contributed by atoms with Gasteiger partial charge in [0.1, 0.15) is 12.1 Å². The maximum atomic E-state index is 12.2. The highest BCUT2D eigenvalue weighted by molar-refractivity contribution is 7.88. The molecule has 0 amide bonds. The van der Waals surface area contributed by atoms with Crippen molar-refractivity contribution in [3.05, 3.63) is 16.1 Å². The van der Waals surface area contributed by atoms with Crippen molar-refractivity contribution >= 4 is 27.3 Å². The number of hydrogen-bond donors (Lipinski definition) is 0. The second-order valence-corrected chi connectivity index (χ2v) is 11.3. The van der Waals surface area contributed by atoms with E-state index < -0.39 is 21.6 Å². The lowest BCUT2D eigenvalue weighted by atomic mass is 10.2. The molecule has 8 nitrogen and oxygen atoms in total. The van der Waals surface area contributed by atoms with Crippen molar-refractivity contribution < 1.29 is 22.7 Å². The zero-order valence-electron chi connectivity index (χ0n) is 18.0. The third kappa shape index (κ3) is 8.67. The number of ether oxygens (including phenoxy) is 2. The van der Waals surface area contributed by atoms with E-state index in [0.29, 0.717) is 19.7 Å². The van der Waals surface area contributed by atoms with Crippen LogP contribution in [-0.2, 0) is 37.3 Å². The number of aromatic nitrogens is 1. The quantitative estimate of drug-likeness (QED) is 0.534. The number of aryl methyl sites for hydroxylation is 1. The van der Waals surface area contributed by atoms with Gasteiger partial charge in [0, 0.05) is 31.6 Å². The molecule has 10 heteroatoms. The van der Waals surface area contributed by atoms with E-state index in [4.69, 9.17) is 9.47 Å². The first-order valence-corrected chi connectivity index (χ1v) is 12.6. The minimum atomic E-state index is -3.57. The molecule has 0 N–H and O–H groups in total. The molecule has 166 valence electrons. The van der Waals surface area contributed by atoms with Gasteiger partial charge in [-0.15, -0.1) is 11.3 Å². The van der Waals surface area contributed by atoms with E-state index in [1.807, 2.05) is 0 Å². The first-order chi connectivity index (χ1) is 13.5. The topological polar surface area (TPSA) is 89.0 Å². The van der Waals surface area contributed by atoms with Crippen LogP contribution in [0.15, 0.2) is 5.38 Å². The number of carbonyl (C=O) groups is 1. The van der Waals surface area contributed by atoms with Gasteiger partial charge in [-0.2, -0.15) is 4.31 Å².